The summed E-state index contributed by atoms with van der Waals surface area (Å²) < 4.78 is 10.6. The van der Waals surface area contributed by atoms with Gasteiger partial charge >= 0.3 is 0 Å². The molecule has 1 heterocycles. The van der Waals surface area contributed by atoms with Gasteiger partial charge in [-0.2, -0.15) is 0 Å². The van der Waals surface area contributed by atoms with Crippen LogP contribution in [0.5, 0.6) is 11.5 Å². The van der Waals surface area contributed by atoms with E-state index in [2.05, 4.69) is 0 Å². The van der Waals surface area contributed by atoms with E-state index in [1.54, 1.807) is 0 Å². The van der Waals surface area contributed by atoms with Crippen LogP contribution in [-0.2, 0) is 6.42 Å². The monoisotopic (exact) mass is 275 g/mol. The van der Waals surface area contributed by atoms with Gasteiger partial charge in [-0.3, -0.25) is 0 Å². The number of nitrogens with two attached hydrogens (primary N) is 1. The first-order chi connectivity index (χ1) is 9.22. The predicted octanol–water partition coefficient (Wildman–Crippen LogP) is 3.31. The molecule has 0 amide bonds. The highest BCUT2D eigenvalue weighted by Crippen LogP contribution is 2.34. The Kier molecular flexibility index (Phi) is 3.32. The van der Waals surface area contributed by atoms with Crippen LogP contribution >= 0.6 is 11.6 Å². The second-order valence-electron chi connectivity index (χ2n) is 4.55. The van der Waals surface area contributed by atoms with E-state index in [-0.39, 0.29) is 12.8 Å². The van der Waals surface area contributed by atoms with Crippen molar-refractivity contribution < 1.29 is 9.47 Å². The van der Waals surface area contributed by atoms with Gasteiger partial charge in [-0.25, -0.2) is 0 Å². The van der Waals surface area contributed by atoms with Crippen LogP contribution in [0.3, 0.4) is 0 Å². The quantitative estimate of drug-likeness (QED) is 0.935. The minimum Gasteiger partial charge on any atom is -0.454 e. The third-order valence-corrected chi connectivity index (χ3v) is 3.45. The van der Waals surface area contributed by atoms with Gasteiger partial charge in [-0.15, -0.1) is 0 Å². The van der Waals surface area contributed by atoms with Crippen molar-refractivity contribution in [3.8, 4) is 11.5 Å². The molecule has 0 fully saturated rings. The molecule has 0 aromatic heterocycles. The normalized spacial score (nSPS) is 14.4. The summed E-state index contributed by atoms with van der Waals surface area (Å²) >= 11 is 5.87. The molecule has 0 bridgehead atoms. The maximum absolute atomic E-state index is 6.23. The van der Waals surface area contributed by atoms with E-state index >= 15 is 0 Å². The molecule has 0 saturated carbocycles. The molecular weight excluding hydrogens is 262 g/mol. The lowest BCUT2D eigenvalue weighted by molar-refractivity contribution is 0.174. The van der Waals surface area contributed by atoms with Crippen LogP contribution in [0.1, 0.15) is 17.2 Å². The second-order valence-corrected chi connectivity index (χ2v) is 4.99. The van der Waals surface area contributed by atoms with Crippen LogP contribution in [0.15, 0.2) is 42.5 Å². The fraction of sp³-hybridized carbons (Fsp3) is 0.200. The standard InChI is InChI=1S/C15H14ClNO2/c16-12-4-1-10(2-5-12)7-13(17)11-3-6-14-15(8-11)19-9-18-14/h1-6,8,13H,7,9,17H2. The molecule has 1 atom stereocenters. The molecular formula is C15H14ClNO2. The first kappa shape index (κ1) is 12.3. The summed E-state index contributed by atoms with van der Waals surface area (Å²) in [5.41, 5.74) is 8.43. The molecule has 3 nitrogen and oxygen atoms in total. The molecule has 4 heteroatoms. The van der Waals surface area contributed by atoms with E-state index in [1.807, 2.05) is 42.5 Å². The summed E-state index contributed by atoms with van der Waals surface area (Å²) in [5, 5.41) is 0.736. The lowest BCUT2D eigenvalue weighted by Crippen LogP contribution is -2.13. The maximum atomic E-state index is 6.23. The molecule has 2 aromatic carbocycles. The van der Waals surface area contributed by atoms with Crippen LogP contribution in [0, 0.1) is 0 Å². The number of benzene rings is 2. The van der Waals surface area contributed by atoms with Crippen molar-refractivity contribution in [1.82, 2.24) is 0 Å². The molecule has 0 aliphatic carbocycles. The summed E-state index contributed by atoms with van der Waals surface area (Å²) in [6.45, 7) is 0.283. The lowest BCUT2D eigenvalue weighted by atomic mass is 9.99. The average Bonchev–Trinajstić information content (AvgIpc) is 2.88. The zero-order chi connectivity index (χ0) is 13.2. The first-order valence-electron chi connectivity index (χ1n) is 6.12. The van der Waals surface area contributed by atoms with Gasteiger partial charge in [0.15, 0.2) is 11.5 Å². The SMILES string of the molecule is NC(Cc1ccc(Cl)cc1)c1ccc2c(c1)OCO2. The Labute approximate surface area is 116 Å². The van der Waals surface area contributed by atoms with E-state index < -0.39 is 0 Å². The number of rotatable bonds is 3. The van der Waals surface area contributed by atoms with Crippen molar-refractivity contribution in [2.24, 2.45) is 5.73 Å². The minimum absolute atomic E-state index is 0.0734. The summed E-state index contributed by atoms with van der Waals surface area (Å²) in [4.78, 5) is 0. The number of hydrogen-bond donors (Lipinski definition) is 1. The highest BCUT2D eigenvalue weighted by molar-refractivity contribution is 6.30. The Bertz CT molecular complexity index is 583. The van der Waals surface area contributed by atoms with Crippen molar-refractivity contribution in [2.45, 2.75) is 12.5 Å². The summed E-state index contributed by atoms with van der Waals surface area (Å²) in [7, 11) is 0. The molecule has 2 N–H and O–H groups in total. The molecule has 0 spiro atoms. The Morgan fingerprint density at radius 1 is 1.05 bits per heavy atom. The summed E-state index contributed by atoms with van der Waals surface area (Å²) in [6, 6.07) is 13.5. The van der Waals surface area contributed by atoms with Gasteiger partial charge in [0, 0.05) is 11.1 Å². The molecule has 98 valence electrons. The van der Waals surface area contributed by atoms with Crippen molar-refractivity contribution in [3.05, 3.63) is 58.6 Å². The maximum Gasteiger partial charge on any atom is 0.231 e. The van der Waals surface area contributed by atoms with E-state index in [0.717, 1.165) is 34.1 Å². The first-order valence-corrected chi connectivity index (χ1v) is 6.50. The van der Waals surface area contributed by atoms with Gasteiger partial charge in [-0.05, 0) is 41.8 Å². The van der Waals surface area contributed by atoms with Gasteiger partial charge in [0.25, 0.3) is 0 Å². The van der Waals surface area contributed by atoms with Gasteiger partial charge in [0.2, 0.25) is 6.79 Å². The van der Waals surface area contributed by atoms with E-state index in [1.165, 1.54) is 0 Å². The van der Waals surface area contributed by atoms with Gasteiger partial charge in [0.05, 0.1) is 0 Å². The van der Waals surface area contributed by atoms with Crippen molar-refractivity contribution in [3.63, 3.8) is 0 Å². The third-order valence-electron chi connectivity index (χ3n) is 3.19. The molecule has 1 aliphatic heterocycles. The van der Waals surface area contributed by atoms with Gasteiger partial charge < -0.3 is 15.2 Å². The predicted molar refractivity (Wildman–Crippen MR) is 74.6 cm³/mol. The summed E-state index contributed by atoms with van der Waals surface area (Å²) in [6.07, 6.45) is 0.761. The van der Waals surface area contributed by atoms with Crippen molar-refractivity contribution in [1.29, 1.82) is 0 Å². The second kappa shape index (κ2) is 5.11. The Morgan fingerprint density at radius 3 is 2.58 bits per heavy atom. The highest BCUT2D eigenvalue weighted by atomic mass is 35.5. The van der Waals surface area contributed by atoms with E-state index in [4.69, 9.17) is 26.8 Å². The minimum atomic E-state index is -0.0734. The molecule has 3 rings (SSSR count). The third kappa shape index (κ3) is 2.67. The van der Waals surface area contributed by atoms with Crippen LogP contribution in [-0.4, -0.2) is 6.79 Å². The van der Waals surface area contributed by atoms with Gasteiger partial charge in [-0.1, -0.05) is 29.8 Å². The Hall–Kier alpha value is -1.71. The van der Waals surface area contributed by atoms with Crippen LogP contribution in [0.25, 0.3) is 0 Å². The smallest absolute Gasteiger partial charge is 0.231 e. The van der Waals surface area contributed by atoms with Crippen LogP contribution in [0.4, 0.5) is 0 Å². The van der Waals surface area contributed by atoms with Gasteiger partial charge in [0.1, 0.15) is 0 Å². The average molecular weight is 276 g/mol. The largest absolute Gasteiger partial charge is 0.454 e. The fourth-order valence-corrected chi connectivity index (χ4v) is 2.26. The molecule has 1 unspecified atom stereocenters. The molecule has 0 saturated heterocycles. The Morgan fingerprint density at radius 2 is 1.79 bits per heavy atom. The molecule has 19 heavy (non-hydrogen) atoms. The van der Waals surface area contributed by atoms with Crippen molar-refractivity contribution in [2.75, 3.05) is 6.79 Å². The Balaban J connectivity index is 1.76. The van der Waals surface area contributed by atoms with E-state index in [0.29, 0.717) is 0 Å². The molecule has 2 aromatic rings. The van der Waals surface area contributed by atoms with E-state index in [9.17, 15) is 0 Å². The number of fused-ring (bicyclic) bond motifs is 1. The lowest BCUT2D eigenvalue weighted by Gasteiger charge is -2.12. The molecule has 0 radical (unpaired) electrons. The number of ether oxygens (including phenoxy) is 2. The summed E-state index contributed by atoms with van der Waals surface area (Å²) in [5.74, 6) is 1.55. The number of hydrogen-bond acceptors (Lipinski definition) is 3. The molecule has 1 aliphatic rings. The highest BCUT2D eigenvalue weighted by Gasteiger charge is 2.16. The zero-order valence-corrected chi connectivity index (χ0v) is 11.1. The zero-order valence-electron chi connectivity index (χ0n) is 10.3. The number of halogens is 1. The van der Waals surface area contributed by atoms with Crippen LogP contribution < -0.4 is 15.2 Å². The topological polar surface area (TPSA) is 44.5 Å². The van der Waals surface area contributed by atoms with Crippen molar-refractivity contribution >= 4 is 11.6 Å². The fourth-order valence-electron chi connectivity index (χ4n) is 2.14. The van der Waals surface area contributed by atoms with Crippen LogP contribution in [0.2, 0.25) is 5.02 Å².